The van der Waals surface area contributed by atoms with Gasteiger partial charge in [0, 0.05) is 13.0 Å². The summed E-state index contributed by atoms with van der Waals surface area (Å²) < 4.78 is 5.56. The molecule has 3 nitrogen and oxygen atoms in total. The normalized spacial score (nSPS) is 29.2. The van der Waals surface area contributed by atoms with Gasteiger partial charge in [-0.05, 0) is 24.7 Å². The average molecular weight is 186 g/mol. The van der Waals surface area contributed by atoms with Crippen molar-refractivity contribution in [3.8, 4) is 0 Å². The first kappa shape index (κ1) is 10.5. The van der Waals surface area contributed by atoms with E-state index < -0.39 is 5.97 Å². The number of carboxylic acid groups (broad SMARTS) is 1. The minimum atomic E-state index is -0.686. The third-order valence-electron chi connectivity index (χ3n) is 2.63. The minimum Gasteiger partial charge on any atom is -0.481 e. The van der Waals surface area contributed by atoms with Crippen LogP contribution in [0.4, 0.5) is 0 Å². The zero-order valence-corrected chi connectivity index (χ0v) is 8.32. The van der Waals surface area contributed by atoms with Crippen LogP contribution >= 0.6 is 0 Å². The number of ether oxygens (including phenoxy) is 1. The fourth-order valence-electron chi connectivity index (χ4n) is 1.80. The maximum atomic E-state index is 10.5. The fourth-order valence-corrected chi connectivity index (χ4v) is 1.80. The van der Waals surface area contributed by atoms with E-state index in [-0.39, 0.29) is 6.10 Å². The molecule has 1 aliphatic heterocycles. The highest BCUT2D eigenvalue weighted by atomic mass is 16.5. The molecule has 0 aromatic carbocycles. The molecule has 0 spiro atoms. The average Bonchev–Trinajstić information content (AvgIpc) is 2.03. The smallest absolute Gasteiger partial charge is 0.303 e. The summed E-state index contributed by atoms with van der Waals surface area (Å²) in [5.74, 6) is 0.129. The molecule has 0 radical (unpaired) electrons. The topological polar surface area (TPSA) is 46.5 Å². The zero-order chi connectivity index (χ0) is 9.84. The molecule has 1 N–H and O–H groups in total. The lowest BCUT2D eigenvalue weighted by molar-refractivity contribution is -0.139. The number of hydrogen-bond acceptors (Lipinski definition) is 2. The van der Waals surface area contributed by atoms with Gasteiger partial charge in [-0.2, -0.15) is 0 Å². The predicted octanol–water partition coefficient (Wildman–Crippen LogP) is 1.91. The van der Waals surface area contributed by atoms with E-state index in [1.54, 1.807) is 0 Å². The summed E-state index contributed by atoms with van der Waals surface area (Å²) >= 11 is 0. The third kappa shape index (κ3) is 3.35. The van der Waals surface area contributed by atoms with E-state index in [1.165, 1.54) is 0 Å². The Hall–Kier alpha value is -0.570. The summed E-state index contributed by atoms with van der Waals surface area (Å²) in [7, 11) is 0. The zero-order valence-electron chi connectivity index (χ0n) is 8.32. The van der Waals surface area contributed by atoms with Gasteiger partial charge in [-0.15, -0.1) is 0 Å². The van der Waals surface area contributed by atoms with Crippen LogP contribution < -0.4 is 0 Å². The highest BCUT2D eigenvalue weighted by molar-refractivity contribution is 5.67. The second kappa shape index (κ2) is 4.61. The van der Waals surface area contributed by atoms with Gasteiger partial charge in [0.1, 0.15) is 0 Å². The van der Waals surface area contributed by atoms with Gasteiger partial charge in [0.25, 0.3) is 0 Å². The van der Waals surface area contributed by atoms with Crippen molar-refractivity contribution < 1.29 is 14.6 Å². The minimum absolute atomic E-state index is 0.262. The van der Waals surface area contributed by atoms with Crippen molar-refractivity contribution in [3.05, 3.63) is 0 Å². The van der Waals surface area contributed by atoms with Crippen LogP contribution in [0.1, 0.15) is 33.1 Å². The predicted molar refractivity (Wildman–Crippen MR) is 49.6 cm³/mol. The van der Waals surface area contributed by atoms with Gasteiger partial charge >= 0.3 is 5.97 Å². The summed E-state index contributed by atoms with van der Waals surface area (Å²) in [6.07, 6.45) is 2.37. The fraction of sp³-hybridized carbons (Fsp3) is 0.900. The van der Waals surface area contributed by atoms with Gasteiger partial charge in [0.15, 0.2) is 0 Å². The van der Waals surface area contributed by atoms with Gasteiger partial charge in [0.05, 0.1) is 6.10 Å². The molecule has 0 unspecified atom stereocenters. The van der Waals surface area contributed by atoms with E-state index in [9.17, 15) is 4.79 Å². The van der Waals surface area contributed by atoms with Gasteiger partial charge in [0.2, 0.25) is 0 Å². The molecule has 1 saturated heterocycles. The number of carboxylic acids is 1. The summed E-state index contributed by atoms with van der Waals surface area (Å²) in [5, 5.41) is 8.65. The van der Waals surface area contributed by atoms with Crippen molar-refractivity contribution >= 4 is 5.97 Å². The third-order valence-corrected chi connectivity index (χ3v) is 2.63. The second-order valence-corrected chi connectivity index (χ2v) is 4.14. The molecule has 13 heavy (non-hydrogen) atoms. The van der Waals surface area contributed by atoms with Crippen LogP contribution in [-0.2, 0) is 9.53 Å². The van der Waals surface area contributed by atoms with Gasteiger partial charge in [-0.1, -0.05) is 13.8 Å². The van der Waals surface area contributed by atoms with E-state index in [0.29, 0.717) is 18.3 Å². The lowest BCUT2D eigenvalue weighted by Crippen LogP contribution is -2.30. The van der Waals surface area contributed by atoms with Gasteiger partial charge in [-0.3, -0.25) is 4.79 Å². The maximum Gasteiger partial charge on any atom is 0.303 e. The standard InChI is InChI=1S/C10H18O3/c1-7(2)9-5-8(3-4-13-9)6-10(11)12/h7-9H,3-6H2,1-2H3,(H,11,12)/t8-,9-/m1/s1. The van der Waals surface area contributed by atoms with E-state index in [4.69, 9.17) is 9.84 Å². The van der Waals surface area contributed by atoms with Crippen LogP contribution in [0.2, 0.25) is 0 Å². The summed E-state index contributed by atoms with van der Waals surface area (Å²) in [6.45, 7) is 4.96. The lowest BCUT2D eigenvalue weighted by Gasteiger charge is -2.31. The molecule has 1 rings (SSSR count). The Morgan fingerprint density at radius 3 is 2.85 bits per heavy atom. The van der Waals surface area contributed by atoms with Crippen molar-refractivity contribution in [1.82, 2.24) is 0 Å². The van der Waals surface area contributed by atoms with Crippen LogP contribution in [0, 0.1) is 11.8 Å². The van der Waals surface area contributed by atoms with Crippen LogP contribution in [-0.4, -0.2) is 23.8 Å². The van der Waals surface area contributed by atoms with Crippen LogP contribution in [0.3, 0.4) is 0 Å². The van der Waals surface area contributed by atoms with Crippen molar-refractivity contribution in [2.45, 2.75) is 39.2 Å². The highest BCUT2D eigenvalue weighted by Crippen LogP contribution is 2.26. The largest absolute Gasteiger partial charge is 0.481 e. The van der Waals surface area contributed by atoms with Crippen LogP contribution in [0.25, 0.3) is 0 Å². The van der Waals surface area contributed by atoms with E-state index in [1.807, 2.05) is 0 Å². The van der Waals surface area contributed by atoms with Crippen LogP contribution in [0.15, 0.2) is 0 Å². The number of aliphatic carboxylic acids is 1. The van der Waals surface area contributed by atoms with Gasteiger partial charge < -0.3 is 9.84 Å². The van der Waals surface area contributed by atoms with Crippen molar-refractivity contribution in [3.63, 3.8) is 0 Å². The molecular weight excluding hydrogens is 168 g/mol. The molecule has 1 heterocycles. The van der Waals surface area contributed by atoms with Crippen molar-refractivity contribution in [2.24, 2.45) is 11.8 Å². The Morgan fingerprint density at radius 1 is 1.62 bits per heavy atom. The Morgan fingerprint density at radius 2 is 2.31 bits per heavy atom. The van der Waals surface area contributed by atoms with Gasteiger partial charge in [-0.25, -0.2) is 0 Å². The summed E-state index contributed by atoms with van der Waals surface area (Å²) in [6, 6.07) is 0. The number of rotatable bonds is 3. The summed E-state index contributed by atoms with van der Waals surface area (Å²) in [4.78, 5) is 10.5. The molecule has 0 aromatic heterocycles. The molecular formula is C10H18O3. The monoisotopic (exact) mass is 186 g/mol. The molecule has 3 heteroatoms. The Balaban J connectivity index is 2.37. The first-order chi connectivity index (χ1) is 6.09. The quantitative estimate of drug-likeness (QED) is 0.732. The Bertz CT molecular complexity index is 177. The lowest BCUT2D eigenvalue weighted by atomic mass is 9.88. The molecule has 2 atom stereocenters. The van der Waals surface area contributed by atoms with E-state index >= 15 is 0 Å². The molecule has 1 fully saturated rings. The molecule has 0 saturated carbocycles. The SMILES string of the molecule is CC(C)[C@H]1C[C@H](CC(=O)O)CCO1. The molecule has 76 valence electrons. The maximum absolute atomic E-state index is 10.5. The number of hydrogen-bond donors (Lipinski definition) is 1. The molecule has 1 aliphatic rings. The molecule has 0 bridgehead atoms. The van der Waals surface area contributed by atoms with E-state index in [2.05, 4.69) is 13.8 Å². The van der Waals surface area contributed by atoms with Crippen molar-refractivity contribution in [2.75, 3.05) is 6.61 Å². The van der Waals surface area contributed by atoms with Crippen LogP contribution in [0.5, 0.6) is 0 Å². The molecule has 0 aromatic rings. The summed E-state index contributed by atoms with van der Waals surface area (Å²) in [5.41, 5.74) is 0. The molecule has 0 amide bonds. The van der Waals surface area contributed by atoms with E-state index in [0.717, 1.165) is 19.4 Å². The van der Waals surface area contributed by atoms with Crippen molar-refractivity contribution in [1.29, 1.82) is 0 Å². The second-order valence-electron chi connectivity index (χ2n) is 4.14. The first-order valence-electron chi connectivity index (χ1n) is 4.93. The highest BCUT2D eigenvalue weighted by Gasteiger charge is 2.26. The Kier molecular flexibility index (Phi) is 3.72. The number of carbonyl (C=O) groups is 1. The molecule has 0 aliphatic carbocycles. The Labute approximate surface area is 79.1 Å². The first-order valence-corrected chi connectivity index (χ1v) is 4.93.